The van der Waals surface area contributed by atoms with Gasteiger partial charge in [-0.3, -0.25) is 10.1 Å². The van der Waals surface area contributed by atoms with E-state index in [0.29, 0.717) is 10.7 Å². The SMILES string of the molecule is N#CCc1cccc(C(=O)Nc2nc(-c3cccc(Br)c3)cs2)c1. The van der Waals surface area contributed by atoms with Gasteiger partial charge in [-0.05, 0) is 29.8 Å². The monoisotopic (exact) mass is 397 g/mol. The van der Waals surface area contributed by atoms with Crippen molar-refractivity contribution >= 4 is 38.3 Å². The molecule has 4 nitrogen and oxygen atoms in total. The standard InChI is InChI=1S/C18H12BrN3OS/c19-15-6-2-4-13(10-15)16-11-24-18(21-16)22-17(23)14-5-1-3-12(9-14)7-8-20/h1-6,9-11H,7H2,(H,21,22,23). The van der Waals surface area contributed by atoms with Gasteiger partial charge in [-0.15, -0.1) is 11.3 Å². The van der Waals surface area contributed by atoms with Gasteiger partial charge in [-0.1, -0.05) is 40.2 Å². The van der Waals surface area contributed by atoms with Crippen molar-refractivity contribution < 1.29 is 4.79 Å². The van der Waals surface area contributed by atoms with E-state index in [-0.39, 0.29) is 12.3 Å². The Morgan fingerprint density at radius 2 is 2.08 bits per heavy atom. The molecule has 24 heavy (non-hydrogen) atoms. The first-order valence-electron chi connectivity index (χ1n) is 7.14. The minimum absolute atomic E-state index is 0.232. The van der Waals surface area contributed by atoms with Crippen LogP contribution in [0.25, 0.3) is 11.3 Å². The summed E-state index contributed by atoms with van der Waals surface area (Å²) in [6.45, 7) is 0. The molecule has 2 aromatic carbocycles. The first kappa shape index (κ1) is 16.4. The molecule has 0 atom stereocenters. The minimum Gasteiger partial charge on any atom is -0.298 e. The first-order chi connectivity index (χ1) is 11.7. The number of rotatable bonds is 4. The van der Waals surface area contributed by atoms with E-state index in [2.05, 4.69) is 32.3 Å². The van der Waals surface area contributed by atoms with Crippen LogP contribution >= 0.6 is 27.3 Å². The van der Waals surface area contributed by atoms with E-state index in [4.69, 9.17) is 5.26 Å². The van der Waals surface area contributed by atoms with Gasteiger partial charge < -0.3 is 0 Å². The zero-order valence-corrected chi connectivity index (χ0v) is 14.9. The van der Waals surface area contributed by atoms with Gasteiger partial charge in [-0.25, -0.2) is 4.98 Å². The fourth-order valence-electron chi connectivity index (χ4n) is 2.19. The van der Waals surface area contributed by atoms with E-state index in [9.17, 15) is 4.79 Å². The van der Waals surface area contributed by atoms with Crippen LogP contribution in [0.4, 0.5) is 5.13 Å². The number of anilines is 1. The van der Waals surface area contributed by atoms with Crippen molar-refractivity contribution in [3.05, 3.63) is 69.5 Å². The van der Waals surface area contributed by atoms with Gasteiger partial charge in [0.05, 0.1) is 18.2 Å². The van der Waals surface area contributed by atoms with E-state index in [1.165, 1.54) is 11.3 Å². The molecule has 0 spiro atoms. The van der Waals surface area contributed by atoms with Gasteiger partial charge in [0, 0.05) is 21.0 Å². The second-order valence-corrected chi connectivity index (χ2v) is 6.81. The maximum absolute atomic E-state index is 12.3. The van der Waals surface area contributed by atoms with Crippen molar-refractivity contribution in [2.75, 3.05) is 5.32 Å². The van der Waals surface area contributed by atoms with Crippen LogP contribution in [-0.4, -0.2) is 10.9 Å². The van der Waals surface area contributed by atoms with Crippen LogP contribution in [0.2, 0.25) is 0 Å². The third-order valence-corrected chi connectivity index (χ3v) is 4.57. The highest BCUT2D eigenvalue weighted by atomic mass is 79.9. The predicted molar refractivity (Wildman–Crippen MR) is 99.0 cm³/mol. The number of nitrogens with one attached hydrogen (secondary N) is 1. The third-order valence-electron chi connectivity index (χ3n) is 3.32. The average molecular weight is 398 g/mol. The van der Waals surface area contributed by atoms with Crippen LogP contribution in [0.1, 0.15) is 15.9 Å². The molecule has 3 rings (SSSR count). The van der Waals surface area contributed by atoms with Crippen LogP contribution in [0, 0.1) is 11.3 Å². The van der Waals surface area contributed by atoms with Crippen LogP contribution in [0.3, 0.4) is 0 Å². The van der Waals surface area contributed by atoms with Crippen LogP contribution in [0.15, 0.2) is 58.4 Å². The molecular weight excluding hydrogens is 386 g/mol. The molecular formula is C18H12BrN3OS. The number of amides is 1. The number of nitriles is 1. The van der Waals surface area contributed by atoms with Crippen molar-refractivity contribution in [1.29, 1.82) is 5.26 Å². The fraction of sp³-hybridized carbons (Fsp3) is 0.0556. The highest BCUT2D eigenvalue weighted by molar-refractivity contribution is 9.10. The summed E-state index contributed by atoms with van der Waals surface area (Å²) in [5.74, 6) is -0.232. The lowest BCUT2D eigenvalue weighted by atomic mass is 10.1. The maximum Gasteiger partial charge on any atom is 0.257 e. The molecule has 0 saturated heterocycles. The van der Waals surface area contributed by atoms with E-state index in [0.717, 1.165) is 21.3 Å². The van der Waals surface area contributed by atoms with Crippen molar-refractivity contribution in [2.45, 2.75) is 6.42 Å². The summed E-state index contributed by atoms with van der Waals surface area (Å²) < 4.78 is 0.980. The predicted octanol–water partition coefficient (Wildman–Crippen LogP) is 4.89. The zero-order valence-electron chi connectivity index (χ0n) is 12.5. The Hall–Kier alpha value is -2.49. The van der Waals surface area contributed by atoms with E-state index >= 15 is 0 Å². The molecule has 1 amide bonds. The highest BCUT2D eigenvalue weighted by Crippen LogP contribution is 2.27. The molecule has 118 valence electrons. The summed E-state index contributed by atoms with van der Waals surface area (Å²) in [5.41, 5.74) is 3.13. The van der Waals surface area contributed by atoms with Crippen LogP contribution in [-0.2, 0) is 6.42 Å². The highest BCUT2D eigenvalue weighted by Gasteiger charge is 2.10. The number of carbonyl (C=O) groups is 1. The van der Waals surface area contributed by atoms with Gasteiger partial charge in [0.1, 0.15) is 0 Å². The zero-order chi connectivity index (χ0) is 16.9. The Bertz CT molecular complexity index is 930. The molecule has 0 aliphatic carbocycles. The minimum atomic E-state index is -0.232. The fourth-order valence-corrected chi connectivity index (χ4v) is 3.31. The maximum atomic E-state index is 12.3. The van der Waals surface area contributed by atoms with Crippen molar-refractivity contribution in [2.24, 2.45) is 0 Å². The second-order valence-electron chi connectivity index (χ2n) is 5.04. The Morgan fingerprint density at radius 3 is 2.88 bits per heavy atom. The molecule has 1 heterocycles. The van der Waals surface area contributed by atoms with Gasteiger partial charge >= 0.3 is 0 Å². The first-order valence-corrected chi connectivity index (χ1v) is 8.81. The molecule has 0 saturated carbocycles. The van der Waals surface area contributed by atoms with Gasteiger partial charge in [0.25, 0.3) is 5.91 Å². The number of nitrogens with zero attached hydrogens (tertiary/aromatic N) is 2. The topological polar surface area (TPSA) is 65.8 Å². The average Bonchev–Trinajstić information content (AvgIpc) is 3.04. The number of halogens is 1. The third kappa shape index (κ3) is 3.88. The number of benzene rings is 2. The summed E-state index contributed by atoms with van der Waals surface area (Å²) in [5, 5.41) is 14.0. The summed E-state index contributed by atoms with van der Waals surface area (Å²) in [6.07, 6.45) is 0.283. The number of hydrogen-bond acceptors (Lipinski definition) is 4. The lowest BCUT2D eigenvalue weighted by Crippen LogP contribution is -2.11. The second kappa shape index (κ2) is 7.39. The lowest BCUT2D eigenvalue weighted by molar-refractivity contribution is 0.102. The lowest BCUT2D eigenvalue weighted by Gasteiger charge is -2.03. The Kier molecular flexibility index (Phi) is 5.04. The Labute approximate surface area is 151 Å². The molecule has 1 aromatic heterocycles. The van der Waals surface area contributed by atoms with Gasteiger partial charge in [-0.2, -0.15) is 5.26 Å². The molecule has 0 bridgehead atoms. The molecule has 1 N–H and O–H groups in total. The van der Waals surface area contributed by atoms with Crippen molar-refractivity contribution in [3.8, 4) is 17.3 Å². The summed E-state index contributed by atoms with van der Waals surface area (Å²) >= 11 is 4.82. The number of aromatic nitrogens is 1. The summed E-state index contributed by atoms with van der Waals surface area (Å²) in [4.78, 5) is 16.8. The van der Waals surface area contributed by atoms with Crippen LogP contribution < -0.4 is 5.32 Å². The molecule has 0 aliphatic rings. The number of hydrogen-bond donors (Lipinski definition) is 1. The summed E-state index contributed by atoms with van der Waals surface area (Å²) in [7, 11) is 0. The molecule has 0 fully saturated rings. The largest absolute Gasteiger partial charge is 0.298 e. The van der Waals surface area contributed by atoms with Gasteiger partial charge in [0.15, 0.2) is 5.13 Å². The normalized spacial score (nSPS) is 10.2. The Morgan fingerprint density at radius 1 is 1.25 bits per heavy atom. The molecule has 6 heteroatoms. The number of carbonyl (C=O) groups excluding carboxylic acids is 1. The van der Waals surface area contributed by atoms with Crippen molar-refractivity contribution in [3.63, 3.8) is 0 Å². The quantitative estimate of drug-likeness (QED) is 0.681. The summed E-state index contributed by atoms with van der Waals surface area (Å²) in [6, 6.07) is 17.0. The Balaban J connectivity index is 1.76. The van der Waals surface area contributed by atoms with Gasteiger partial charge in [0.2, 0.25) is 0 Å². The van der Waals surface area contributed by atoms with E-state index < -0.39 is 0 Å². The molecule has 0 radical (unpaired) electrons. The van der Waals surface area contributed by atoms with Crippen LogP contribution in [0.5, 0.6) is 0 Å². The van der Waals surface area contributed by atoms with E-state index in [1.54, 1.807) is 18.2 Å². The smallest absolute Gasteiger partial charge is 0.257 e. The molecule has 3 aromatic rings. The molecule has 0 unspecified atom stereocenters. The number of thiazole rings is 1. The van der Waals surface area contributed by atoms with E-state index in [1.807, 2.05) is 35.7 Å². The van der Waals surface area contributed by atoms with Crippen molar-refractivity contribution in [1.82, 2.24) is 4.98 Å². The molecule has 0 aliphatic heterocycles.